The standard InChI is InChI=1S/C16H19N3O2/c1-10-13-3-2-12(8-15(13)21-18-10)16(20)17-14-9-19-6-4-11(14)5-7-19/h2-3,8,11,14H,4-7,9H2,1H3,(H,17,20)/t14-/m1/s1. The molecule has 110 valence electrons. The van der Waals surface area contributed by atoms with Crippen molar-refractivity contribution in [2.45, 2.75) is 25.8 Å². The average Bonchev–Trinajstić information content (AvgIpc) is 2.89. The first-order valence-electron chi connectivity index (χ1n) is 7.60. The third-order valence-electron chi connectivity index (χ3n) is 4.89. The van der Waals surface area contributed by atoms with Crippen molar-refractivity contribution >= 4 is 16.9 Å². The molecule has 3 aliphatic heterocycles. The highest BCUT2D eigenvalue weighted by atomic mass is 16.5. The van der Waals surface area contributed by atoms with E-state index in [1.165, 1.54) is 25.9 Å². The molecule has 0 aliphatic carbocycles. The molecule has 3 fully saturated rings. The first kappa shape index (κ1) is 12.8. The van der Waals surface area contributed by atoms with E-state index in [9.17, 15) is 4.79 Å². The van der Waals surface area contributed by atoms with E-state index < -0.39 is 0 Å². The maximum Gasteiger partial charge on any atom is 0.251 e. The highest BCUT2D eigenvalue weighted by Gasteiger charge is 2.34. The molecule has 5 nitrogen and oxygen atoms in total. The van der Waals surface area contributed by atoms with E-state index in [-0.39, 0.29) is 11.9 Å². The minimum absolute atomic E-state index is 0.00953. The van der Waals surface area contributed by atoms with Gasteiger partial charge in [-0.1, -0.05) is 5.16 Å². The zero-order valence-corrected chi connectivity index (χ0v) is 12.1. The highest BCUT2D eigenvalue weighted by Crippen LogP contribution is 2.28. The van der Waals surface area contributed by atoms with Gasteiger partial charge in [-0.2, -0.15) is 0 Å². The molecule has 2 bridgehead atoms. The van der Waals surface area contributed by atoms with Crippen molar-refractivity contribution in [3.8, 4) is 0 Å². The van der Waals surface area contributed by atoms with Gasteiger partial charge in [0.15, 0.2) is 5.58 Å². The van der Waals surface area contributed by atoms with Crippen LogP contribution in [-0.4, -0.2) is 41.6 Å². The fourth-order valence-electron chi connectivity index (χ4n) is 3.59. The van der Waals surface area contributed by atoms with Crippen molar-refractivity contribution in [2.24, 2.45) is 5.92 Å². The number of hydrogen-bond donors (Lipinski definition) is 1. The third kappa shape index (κ3) is 2.21. The fraction of sp³-hybridized carbons (Fsp3) is 0.500. The summed E-state index contributed by atoms with van der Waals surface area (Å²) >= 11 is 0. The molecule has 2 aromatic rings. The second kappa shape index (κ2) is 4.84. The molecule has 0 spiro atoms. The summed E-state index contributed by atoms with van der Waals surface area (Å²) in [5.74, 6) is 0.625. The Hall–Kier alpha value is -1.88. The normalized spacial score (nSPS) is 28.0. The molecule has 1 atom stereocenters. The second-order valence-electron chi connectivity index (χ2n) is 6.20. The van der Waals surface area contributed by atoms with Gasteiger partial charge in [0.05, 0.1) is 5.69 Å². The van der Waals surface area contributed by atoms with Crippen LogP contribution in [0, 0.1) is 12.8 Å². The maximum absolute atomic E-state index is 12.4. The molecule has 0 unspecified atom stereocenters. The Labute approximate surface area is 123 Å². The number of benzene rings is 1. The lowest BCUT2D eigenvalue weighted by atomic mass is 9.84. The van der Waals surface area contributed by atoms with E-state index in [4.69, 9.17) is 4.52 Å². The van der Waals surface area contributed by atoms with Gasteiger partial charge in [0.2, 0.25) is 0 Å². The number of rotatable bonds is 2. The molecule has 5 rings (SSSR count). The molecule has 0 saturated carbocycles. The number of fused-ring (bicyclic) bond motifs is 4. The summed E-state index contributed by atoms with van der Waals surface area (Å²) in [6, 6.07) is 5.83. The monoisotopic (exact) mass is 285 g/mol. The van der Waals surface area contributed by atoms with Gasteiger partial charge in [0.1, 0.15) is 0 Å². The molecular weight excluding hydrogens is 266 g/mol. The van der Waals surface area contributed by atoms with Crippen LogP contribution in [0.2, 0.25) is 0 Å². The molecule has 1 aromatic carbocycles. The van der Waals surface area contributed by atoms with Gasteiger partial charge in [-0.25, -0.2) is 0 Å². The van der Waals surface area contributed by atoms with Crippen LogP contribution in [0.25, 0.3) is 11.0 Å². The Bertz CT molecular complexity index is 686. The Morgan fingerprint density at radius 3 is 2.90 bits per heavy atom. The molecule has 5 heteroatoms. The molecule has 1 aromatic heterocycles. The van der Waals surface area contributed by atoms with Crippen LogP contribution in [0.1, 0.15) is 28.9 Å². The van der Waals surface area contributed by atoms with Gasteiger partial charge in [-0.15, -0.1) is 0 Å². The van der Waals surface area contributed by atoms with E-state index in [1.807, 2.05) is 19.1 Å². The van der Waals surface area contributed by atoms with E-state index in [2.05, 4.69) is 15.4 Å². The molecule has 0 radical (unpaired) electrons. The summed E-state index contributed by atoms with van der Waals surface area (Å²) in [7, 11) is 0. The van der Waals surface area contributed by atoms with Gasteiger partial charge in [-0.05, 0) is 57.0 Å². The number of nitrogens with one attached hydrogen (secondary N) is 1. The second-order valence-corrected chi connectivity index (χ2v) is 6.20. The lowest BCUT2D eigenvalue weighted by Crippen LogP contribution is -2.57. The van der Waals surface area contributed by atoms with Crippen LogP contribution < -0.4 is 5.32 Å². The molecule has 21 heavy (non-hydrogen) atoms. The Balaban J connectivity index is 1.53. The van der Waals surface area contributed by atoms with Crippen LogP contribution in [0.3, 0.4) is 0 Å². The van der Waals surface area contributed by atoms with Crippen molar-refractivity contribution in [2.75, 3.05) is 19.6 Å². The van der Waals surface area contributed by atoms with Gasteiger partial charge < -0.3 is 14.7 Å². The van der Waals surface area contributed by atoms with E-state index in [0.717, 1.165) is 17.6 Å². The average molecular weight is 285 g/mol. The lowest BCUT2D eigenvalue weighted by Gasteiger charge is -2.44. The van der Waals surface area contributed by atoms with Crippen LogP contribution in [0.4, 0.5) is 0 Å². The number of nitrogens with zero attached hydrogens (tertiary/aromatic N) is 2. The summed E-state index contributed by atoms with van der Waals surface area (Å²) in [5.41, 5.74) is 2.18. The number of piperidine rings is 3. The van der Waals surface area contributed by atoms with E-state index in [0.29, 0.717) is 17.1 Å². The van der Waals surface area contributed by atoms with Crippen LogP contribution in [-0.2, 0) is 0 Å². The third-order valence-corrected chi connectivity index (χ3v) is 4.89. The van der Waals surface area contributed by atoms with Crippen LogP contribution >= 0.6 is 0 Å². The topological polar surface area (TPSA) is 58.4 Å². The SMILES string of the molecule is Cc1noc2cc(C(=O)N[C@@H]3CN4CCC3CC4)ccc12. The van der Waals surface area contributed by atoms with Crippen molar-refractivity contribution < 1.29 is 9.32 Å². The predicted molar refractivity (Wildman–Crippen MR) is 79.2 cm³/mol. The van der Waals surface area contributed by atoms with Crippen molar-refractivity contribution in [3.63, 3.8) is 0 Å². The van der Waals surface area contributed by atoms with Crippen LogP contribution in [0.15, 0.2) is 22.7 Å². The molecule has 1 N–H and O–H groups in total. The Morgan fingerprint density at radius 1 is 1.38 bits per heavy atom. The summed E-state index contributed by atoms with van der Waals surface area (Å²) in [6.07, 6.45) is 2.40. The molecule has 1 amide bonds. The van der Waals surface area contributed by atoms with Crippen molar-refractivity contribution in [1.82, 2.24) is 15.4 Å². The van der Waals surface area contributed by atoms with Gasteiger partial charge in [0, 0.05) is 23.5 Å². The minimum atomic E-state index is -0.00953. The summed E-state index contributed by atoms with van der Waals surface area (Å²) in [4.78, 5) is 14.9. The van der Waals surface area contributed by atoms with Gasteiger partial charge in [0.25, 0.3) is 5.91 Å². The first-order valence-corrected chi connectivity index (χ1v) is 7.60. The Kier molecular flexibility index (Phi) is 2.96. The van der Waals surface area contributed by atoms with E-state index >= 15 is 0 Å². The van der Waals surface area contributed by atoms with Crippen molar-refractivity contribution in [3.05, 3.63) is 29.5 Å². The van der Waals surface area contributed by atoms with Gasteiger partial charge in [-0.3, -0.25) is 4.79 Å². The number of aromatic nitrogens is 1. The maximum atomic E-state index is 12.4. The van der Waals surface area contributed by atoms with Crippen molar-refractivity contribution in [1.29, 1.82) is 0 Å². The predicted octanol–water partition coefficient (Wildman–Crippen LogP) is 1.96. The minimum Gasteiger partial charge on any atom is -0.356 e. The first-order chi connectivity index (χ1) is 10.2. The lowest BCUT2D eigenvalue weighted by molar-refractivity contribution is 0.0620. The van der Waals surface area contributed by atoms with E-state index in [1.54, 1.807) is 6.07 Å². The Morgan fingerprint density at radius 2 is 2.19 bits per heavy atom. The molecule has 3 saturated heterocycles. The fourth-order valence-corrected chi connectivity index (χ4v) is 3.59. The number of amides is 1. The number of carbonyl (C=O) groups excluding carboxylic acids is 1. The number of aryl methyl sites for hydroxylation is 1. The molecular formula is C16H19N3O2. The highest BCUT2D eigenvalue weighted by molar-refractivity contribution is 5.97. The largest absolute Gasteiger partial charge is 0.356 e. The summed E-state index contributed by atoms with van der Waals surface area (Å²) in [5, 5.41) is 8.09. The molecule has 4 heterocycles. The smallest absolute Gasteiger partial charge is 0.251 e. The quantitative estimate of drug-likeness (QED) is 0.916. The summed E-state index contributed by atoms with van der Waals surface area (Å²) in [6.45, 7) is 5.25. The zero-order valence-electron chi connectivity index (χ0n) is 12.1. The number of carbonyl (C=O) groups is 1. The molecule has 3 aliphatic rings. The van der Waals surface area contributed by atoms with Gasteiger partial charge >= 0.3 is 0 Å². The van der Waals surface area contributed by atoms with Crippen LogP contribution in [0.5, 0.6) is 0 Å². The zero-order chi connectivity index (χ0) is 14.4. The number of hydrogen-bond acceptors (Lipinski definition) is 4. The summed E-state index contributed by atoms with van der Waals surface area (Å²) < 4.78 is 5.24.